The number of nitrogens with zero attached hydrogens (tertiary/aromatic N) is 3. The van der Waals surface area contributed by atoms with E-state index in [1.54, 1.807) is 11.1 Å². The van der Waals surface area contributed by atoms with Crippen molar-refractivity contribution in [3.63, 3.8) is 0 Å². The van der Waals surface area contributed by atoms with Crippen molar-refractivity contribution < 1.29 is 9.59 Å². The Hall–Kier alpha value is -2.67. The van der Waals surface area contributed by atoms with Gasteiger partial charge in [-0.15, -0.1) is 0 Å². The fourth-order valence-corrected chi connectivity index (χ4v) is 3.58. The van der Waals surface area contributed by atoms with E-state index >= 15 is 0 Å². The minimum absolute atomic E-state index is 0.121. The lowest BCUT2D eigenvalue weighted by molar-refractivity contribution is -0.143. The van der Waals surface area contributed by atoms with Gasteiger partial charge in [-0.2, -0.15) is 5.10 Å². The van der Waals surface area contributed by atoms with Crippen LogP contribution >= 0.6 is 0 Å². The van der Waals surface area contributed by atoms with Crippen LogP contribution in [0.4, 0.5) is 5.69 Å². The summed E-state index contributed by atoms with van der Waals surface area (Å²) in [6.45, 7) is 10.1. The third kappa shape index (κ3) is 4.42. The van der Waals surface area contributed by atoms with Crippen LogP contribution in [0.25, 0.3) is 5.69 Å². The Morgan fingerprint density at radius 1 is 1.18 bits per heavy atom. The maximum Gasteiger partial charge on any atom is 0.313 e. The molecule has 1 fully saturated rings. The van der Waals surface area contributed by atoms with Crippen molar-refractivity contribution in [1.29, 1.82) is 0 Å². The van der Waals surface area contributed by atoms with Gasteiger partial charge >= 0.3 is 11.8 Å². The maximum atomic E-state index is 12.8. The number of hydrogen-bond donors (Lipinski definition) is 2. The molecule has 0 radical (unpaired) electrons. The van der Waals surface area contributed by atoms with Crippen LogP contribution < -0.4 is 10.6 Å². The number of nitrogens with one attached hydrogen (secondary N) is 2. The number of aromatic nitrogens is 2. The van der Waals surface area contributed by atoms with E-state index in [0.29, 0.717) is 24.7 Å². The van der Waals surface area contributed by atoms with E-state index in [1.165, 1.54) is 0 Å². The molecule has 1 aliphatic heterocycles. The van der Waals surface area contributed by atoms with Gasteiger partial charge in [-0.3, -0.25) is 9.59 Å². The second kappa shape index (κ2) is 8.56. The van der Waals surface area contributed by atoms with Crippen LogP contribution in [0.3, 0.4) is 0 Å². The van der Waals surface area contributed by atoms with Crippen molar-refractivity contribution in [3.05, 3.63) is 42.2 Å². The van der Waals surface area contributed by atoms with Crippen molar-refractivity contribution in [2.45, 2.75) is 39.7 Å². The van der Waals surface area contributed by atoms with Crippen LogP contribution in [0.5, 0.6) is 0 Å². The number of carbonyl (C=O) groups excluding carboxylic acids is 2. The predicted octanol–water partition coefficient (Wildman–Crippen LogP) is 2.39. The lowest BCUT2D eigenvalue weighted by Crippen LogP contribution is -2.44. The van der Waals surface area contributed by atoms with Gasteiger partial charge in [0.2, 0.25) is 0 Å². The average molecular weight is 383 g/mol. The van der Waals surface area contributed by atoms with Gasteiger partial charge in [0.25, 0.3) is 0 Å². The Balaban J connectivity index is 1.80. The van der Waals surface area contributed by atoms with Gasteiger partial charge in [0.05, 0.1) is 23.3 Å². The average Bonchev–Trinajstić information content (AvgIpc) is 3.01. The lowest BCUT2D eigenvalue weighted by Gasteiger charge is -2.23. The van der Waals surface area contributed by atoms with Gasteiger partial charge in [0.1, 0.15) is 0 Å². The highest BCUT2D eigenvalue weighted by Gasteiger charge is 2.28. The van der Waals surface area contributed by atoms with Crippen LogP contribution in [0.15, 0.2) is 36.5 Å². The first-order valence-electron chi connectivity index (χ1n) is 9.83. The first-order valence-corrected chi connectivity index (χ1v) is 9.83. The Bertz CT molecular complexity index is 819. The molecule has 150 valence electrons. The van der Waals surface area contributed by atoms with Crippen LogP contribution in [0, 0.1) is 5.92 Å². The van der Waals surface area contributed by atoms with E-state index in [-0.39, 0.29) is 12.0 Å². The molecule has 1 aliphatic rings. The quantitative estimate of drug-likeness (QED) is 0.798. The summed E-state index contributed by atoms with van der Waals surface area (Å²) in [6, 6.07) is 9.91. The number of hydrogen-bond acceptors (Lipinski definition) is 4. The van der Waals surface area contributed by atoms with Gasteiger partial charge in [-0.25, -0.2) is 4.68 Å². The molecule has 28 heavy (non-hydrogen) atoms. The van der Waals surface area contributed by atoms with E-state index in [1.807, 2.05) is 55.8 Å². The van der Waals surface area contributed by atoms with Crippen molar-refractivity contribution in [1.82, 2.24) is 20.0 Å². The molecule has 7 nitrogen and oxygen atoms in total. The minimum atomic E-state index is -0.615. The molecule has 2 N–H and O–H groups in total. The highest BCUT2D eigenvalue weighted by atomic mass is 16.2. The summed E-state index contributed by atoms with van der Waals surface area (Å²) in [4.78, 5) is 27.1. The van der Waals surface area contributed by atoms with Crippen LogP contribution in [-0.4, -0.2) is 52.2 Å². The first kappa shape index (κ1) is 20.1. The number of benzene rings is 1. The highest BCUT2D eigenvalue weighted by Crippen LogP contribution is 2.27. The summed E-state index contributed by atoms with van der Waals surface area (Å²) in [6.07, 6.45) is 1.61. The molecule has 2 unspecified atom stereocenters. The molecule has 3 rings (SSSR count). The summed E-state index contributed by atoms with van der Waals surface area (Å²) in [5.41, 5.74) is 2.36. The van der Waals surface area contributed by atoms with Crippen molar-refractivity contribution in [2.24, 2.45) is 5.92 Å². The zero-order chi connectivity index (χ0) is 20.3. The molecule has 0 spiro atoms. The SMILES string of the molecule is CC1CNC(C)CN(C(=O)C(=O)Nc2cnn(-c3ccccc3)c2C(C)C)C1. The molecule has 1 saturated heterocycles. The Labute approximate surface area is 166 Å². The van der Waals surface area contributed by atoms with E-state index < -0.39 is 11.8 Å². The van der Waals surface area contributed by atoms with Crippen molar-refractivity contribution in [2.75, 3.05) is 25.0 Å². The van der Waals surface area contributed by atoms with E-state index in [4.69, 9.17) is 0 Å². The van der Waals surface area contributed by atoms with Gasteiger partial charge in [-0.05, 0) is 37.4 Å². The van der Waals surface area contributed by atoms with E-state index in [0.717, 1.165) is 17.9 Å². The van der Waals surface area contributed by atoms with Crippen molar-refractivity contribution >= 4 is 17.5 Å². The molecule has 1 aromatic heterocycles. The molecular formula is C21H29N5O2. The summed E-state index contributed by atoms with van der Waals surface area (Å²) in [5, 5.41) is 10.6. The largest absolute Gasteiger partial charge is 0.333 e. The maximum absolute atomic E-state index is 12.8. The van der Waals surface area contributed by atoms with E-state index in [2.05, 4.69) is 22.7 Å². The summed E-state index contributed by atoms with van der Waals surface area (Å²) >= 11 is 0. The third-order valence-corrected chi connectivity index (χ3v) is 4.92. The van der Waals surface area contributed by atoms with Crippen LogP contribution in [0.2, 0.25) is 0 Å². The lowest BCUT2D eigenvalue weighted by atomic mass is 10.1. The van der Waals surface area contributed by atoms with Crippen molar-refractivity contribution in [3.8, 4) is 5.69 Å². The summed E-state index contributed by atoms with van der Waals surface area (Å²) < 4.78 is 1.81. The summed E-state index contributed by atoms with van der Waals surface area (Å²) in [7, 11) is 0. The smallest absolute Gasteiger partial charge is 0.313 e. The van der Waals surface area contributed by atoms with Crippen LogP contribution in [-0.2, 0) is 9.59 Å². The predicted molar refractivity (Wildman–Crippen MR) is 109 cm³/mol. The Morgan fingerprint density at radius 2 is 1.89 bits per heavy atom. The minimum Gasteiger partial charge on any atom is -0.333 e. The van der Waals surface area contributed by atoms with E-state index in [9.17, 15) is 9.59 Å². The number of para-hydroxylation sites is 1. The number of rotatable bonds is 3. The van der Waals surface area contributed by atoms with Gasteiger partial charge < -0.3 is 15.5 Å². The molecule has 0 bridgehead atoms. The number of anilines is 1. The highest BCUT2D eigenvalue weighted by molar-refractivity contribution is 6.39. The molecule has 2 amide bonds. The molecule has 7 heteroatoms. The second-order valence-electron chi connectivity index (χ2n) is 7.92. The molecule has 1 aromatic carbocycles. The number of amides is 2. The fourth-order valence-electron chi connectivity index (χ4n) is 3.58. The Kier molecular flexibility index (Phi) is 6.14. The second-order valence-corrected chi connectivity index (χ2v) is 7.92. The number of carbonyl (C=O) groups is 2. The zero-order valence-corrected chi connectivity index (χ0v) is 17.0. The molecular weight excluding hydrogens is 354 g/mol. The van der Waals surface area contributed by atoms with Gasteiger partial charge in [-0.1, -0.05) is 39.0 Å². The standard InChI is InChI=1S/C21H29N5O2/c1-14(2)19-18(11-23-26(19)17-8-6-5-7-9-17)24-20(27)21(28)25-12-15(3)10-22-16(4)13-25/h5-9,11,14-16,22H,10,12-13H2,1-4H3,(H,24,27). The zero-order valence-electron chi connectivity index (χ0n) is 17.0. The van der Waals surface area contributed by atoms with Gasteiger partial charge in [0.15, 0.2) is 0 Å². The topological polar surface area (TPSA) is 79.3 Å². The van der Waals surface area contributed by atoms with Crippen LogP contribution in [0.1, 0.15) is 39.3 Å². The monoisotopic (exact) mass is 383 g/mol. The first-order chi connectivity index (χ1) is 13.4. The fraction of sp³-hybridized carbons (Fsp3) is 0.476. The molecule has 2 atom stereocenters. The molecule has 0 aliphatic carbocycles. The molecule has 0 saturated carbocycles. The summed E-state index contributed by atoms with van der Waals surface area (Å²) in [5.74, 6) is -0.690. The third-order valence-electron chi connectivity index (χ3n) is 4.92. The molecule has 2 heterocycles. The normalized spacial score (nSPS) is 20.1. The Morgan fingerprint density at radius 3 is 2.57 bits per heavy atom. The molecule has 2 aromatic rings. The van der Waals surface area contributed by atoms with Gasteiger partial charge in [0, 0.05) is 19.1 Å².